The predicted molar refractivity (Wildman–Crippen MR) is 69.9 cm³/mol. The van der Waals surface area contributed by atoms with Crippen LogP contribution in [0.5, 0.6) is 0 Å². The molecule has 1 fully saturated rings. The first-order valence-corrected chi connectivity index (χ1v) is 7.06. The summed E-state index contributed by atoms with van der Waals surface area (Å²) in [6.07, 6.45) is 3.13. The summed E-state index contributed by atoms with van der Waals surface area (Å²) in [6, 6.07) is 0.120. The number of carbonyl (C=O) groups excluding carboxylic acids is 2. The van der Waals surface area contributed by atoms with Crippen LogP contribution in [-0.4, -0.2) is 34.6 Å². The molecule has 0 aliphatic heterocycles. The average molecular weight is 283 g/mol. The minimum Gasteiger partial charge on any atom is -0.469 e. The van der Waals surface area contributed by atoms with Crippen LogP contribution in [0.1, 0.15) is 41.0 Å². The second-order valence-electron chi connectivity index (χ2n) is 4.73. The molecule has 2 rings (SSSR count). The van der Waals surface area contributed by atoms with Gasteiger partial charge in [-0.05, 0) is 44.1 Å². The number of nitrogens with zero attached hydrogens (tertiary/aromatic N) is 2. The van der Waals surface area contributed by atoms with E-state index in [1.165, 1.54) is 7.11 Å². The summed E-state index contributed by atoms with van der Waals surface area (Å²) in [4.78, 5) is 24.0. The van der Waals surface area contributed by atoms with Crippen molar-refractivity contribution >= 4 is 23.4 Å². The zero-order chi connectivity index (χ0) is 13.8. The van der Waals surface area contributed by atoms with Gasteiger partial charge < -0.3 is 10.1 Å². The topological polar surface area (TPSA) is 81.2 Å². The van der Waals surface area contributed by atoms with Gasteiger partial charge in [-0.1, -0.05) is 4.49 Å². The molecule has 19 heavy (non-hydrogen) atoms. The van der Waals surface area contributed by atoms with Crippen molar-refractivity contribution in [3.63, 3.8) is 0 Å². The molecule has 1 aliphatic rings. The Morgan fingerprint density at radius 3 is 2.53 bits per heavy atom. The number of esters is 1. The number of methoxy groups -OCH3 is 1. The average Bonchev–Trinajstić information content (AvgIpc) is 2.85. The van der Waals surface area contributed by atoms with E-state index in [2.05, 4.69) is 14.9 Å². The van der Waals surface area contributed by atoms with Crippen molar-refractivity contribution in [3.05, 3.63) is 10.6 Å². The number of hydrogen-bond donors (Lipinski definition) is 1. The van der Waals surface area contributed by atoms with Gasteiger partial charge in [0.2, 0.25) is 0 Å². The van der Waals surface area contributed by atoms with E-state index in [1.807, 2.05) is 0 Å². The highest BCUT2D eigenvalue weighted by Gasteiger charge is 2.28. The number of nitrogens with one attached hydrogen (secondary N) is 1. The number of carbonyl (C=O) groups is 2. The molecule has 1 heterocycles. The van der Waals surface area contributed by atoms with Gasteiger partial charge in [0.15, 0.2) is 0 Å². The SMILES string of the molecule is COC(=O)C1CCC(NC(=O)c2snnc2C)CC1. The van der Waals surface area contributed by atoms with Crippen molar-refractivity contribution in [2.24, 2.45) is 5.92 Å². The lowest BCUT2D eigenvalue weighted by molar-refractivity contribution is -0.146. The summed E-state index contributed by atoms with van der Waals surface area (Å²) >= 11 is 1.11. The highest BCUT2D eigenvalue weighted by atomic mass is 32.1. The quantitative estimate of drug-likeness (QED) is 0.846. The van der Waals surface area contributed by atoms with Gasteiger partial charge in [0.05, 0.1) is 18.7 Å². The van der Waals surface area contributed by atoms with Crippen LogP contribution >= 0.6 is 11.5 Å². The smallest absolute Gasteiger partial charge is 0.308 e. The maximum absolute atomic E-state index is 12.0. The summed E-state index contributed by atoms with van der Waals surface area (Å²) in [5.74, 6) is -0.286. The molecule has 0 radical (unpaired) electrons. The zero-order valence-corrected chi connectivity index (χ0v) is 11.8. The summed E-state index contributed by atoms with van der Waals surface area (Å²) in [6.45, 7) is 1.77. The first-order valence-electron chi connectivity index (χ1n) is 6.29. The lowest BCUT2D eigenvalue weighted by Crippen LogP contribution is -2.38. The van der Waals surface area contributed by atoms with Gasteiger partial charge in [-0.25, -0.2) is 0 Å². The van der Waals surface area contributed by atoms with E-state index >= 15 is 0 Å². The van der Waals surface area contributed by atoms with E-state index in [-0.39, 0.29) is 23.8 Å². The Labute approximate surface area is 115 Å². The van der Waals surface area contributed by atoms with E-state index in [4.69, 9.17) is 4.74 Å². The molecule has 0 aromatic carbocycles. The summed E-state index contributed by atoms with van der Waals surface area (Å²) < 4.78 is 8.49. The van der Waals surface area contributed by atoms with Gasteiger partial charge in [0.25, 0.3) is 5.91 Å². The van der Waals surface area contributed by atoms with Crippen LogP contribution in [0.3, 0.4) is 0 Å². The maximum atomic E-state index is 12.0. The van der Waals surface area contributed by atoms with Crippen molar-refractivity contribution in [2.45, 2.75) is 38.6 Å². The van der Waals surface area contributed by atoms with E-state index in [0.717, 1.165) is 37.2 Å². The minimum atomic E-state index is -0.146. The van der Waals surface area contributed by atoms with Gasteiger partial charge in [-0.15, -0.1) is 5.10 Å². The number of amides is 1. The summed E-state index contributed by atoms with van der Waals surface area (Å²) in [7, 11) is 1.41. The van der Waals surface area contributed by atoms with E-state index < -0.39 is 0 Å². The summed E-state index contributed by atoms with van der Waals surface area (Å²) in [5, 5.41) is 6.80. The monoisotopic (exact) mass is 283 g/mol. The Morgan fingerprint density at radius 2 is 2.00 bits per heavy atom. The van der Waals surface area contributed by atoms with Crippen molar-refractivity contribution < 1.29 is 14.3 Å². The Kier molecular flexibility index (Phi) is 4.47. The van der Waals surface area contributed by atoms with Crippen molar-refractivity contribution in [2.75, 3.05) is 7.11 Å². The first-order chi connectivity index (χ1) is 9.11. The lowest BCUT2D eigenvalue weighted by atomic mass is 9.86. The Hall–Kier alpha value is -1.50. The summed E-state index contributed by atoms with van der Waals surface area (Å²) in [5.41, 5.74) is 0.658. The van der Waals surface area contributed by atoms with Crippen molar-refractivity contribution in [1.82, 2.24) is 14.9 Å². The lowest BCUT2D eigenvalue weighted by Gasteiger charge is -2.27. The first kappa shape index (κ1) is 13.9. The molecule has 1 amide bonds. The fourth-order valence-corrected chi connectivity index (χ4v) is 2.89. The number of hydrogen-bond acceptors (Lipinski definition) is 6. The third-order valence-corrected chi connectivity index (χ3v) is 4.28. The van der Waals surface area contributed by atoms with Gasteiger partial charge in [0.1, 0.15) is 4.88 Å². The molecule has 1 aromatic heterocycles. The van der Waals surface area contributed by atoms with Crippen molar-refractivity contribution in [3.8, 4) is 0 Å². The van der Waals surface area contributed by atoms with Crippen LogP contribution in [-0.2, 0) is 9.53 Å². The minimum absolute atomic E-state index is 0.0232. The van der Waals surface area contributed by atoms with Crippen LogP contribution in [0, 0.1) is 12.8 Å². The largest absolute Gasteiger partial charge is 0.469 e. The molecule has 7 heteroatoms. The number of aryl methyl sites for hydroxylation is 1. The number of rotatable bonds is 3. The van der Waals surface area contributed by atoms with Gasteiger partial charge in [-0.3, -0.25) is 9.59 Å². The van der Waals surface area contributed by atoms with Crippen LogP contribution < -0.4 is 5.32 Å². The van der Waals surface area contributed by atoms with E-state index in [9.17, 15) is 9.59 Å². The number of aromatic nitrogens is 2. The second-order valence-corrected chi connectivity index (χ2v) is 5.49. The highest BCUT2D eigenvalue weighted by Crippen LogP contribution is 2.25. The van der Waals surface area contributed by atoms with E-state index in [0.29, 0.717) is 10.6 Å². The molecule has 1 aliphatic carbocycles. The molecule has 1 saturated carbocycles. The maximum Gasteiger partial charge on any atom is 0.308 e. The number of ether oxygens (including phenoxy) is 1. The Balaban J connectivity index is 1.85. The predicted octanol–water partition coefficient (Wildman–Crippen LogP) is 1.31. The Bertz CT molecular complexity index is 467. The fraction of sp³-hybridized carbons (Fsp3) is 0.667. The second kappa shape index (κ2) is 6.10. The molecule has 0 unspecified atom stereocenters. The third kappa shape index (κ3) is 3.28. The molecule has 6 nitrogen and oxygen atoms in total. The third-order valence-electron chi connectivity index (χ3n) is 3.45. The molecule has 104 valence electrons. The van der Waals surface area contributed by atoms with Gasteiger partial charge in [0, 0.05) is 6.04 Å². The van der Waals surface area contributed by atoms with Gasteiger partial charge >= 0.3 is 5.97 Å². The van der Waals surface area contributed by atoms with Crippen LogP contribution in [0.4, 0.5) is 0 Å². The molecule has 1 aromatic rings. The normalized spacial score (nSPS) is 22.8. The molecular weight excluding hydrogens is 266 g/mol. The van der Waals surface area contributed by atoms with Crippen molar-refractivity contribution in [1.29, 1.82) is 0 Å². The van der Waals surface area contributed by atoms with Crippen LogP contribution in [0.25, 0.3) is 0 Å². The van der Waals surface area contributed by atoms with Crippen LogP contribution in [0.2, 0.25) is 0 Å². The fourth-order valence-electron chi connectivity index (χ4n) is 2.33. The molecule has 1 N–H and O–H groups in total. The molecule has 0 spiro atoms. The molecule has 0 saturated heterocycles. The molecular formula is C12H17N3O3S. The van der Waals surface area contributed by atoms with Gasteiger partial charge in [-0.2, -0.15) is 0 Å². The zero-order valence-electron chi connectivity index (χ0n) is 11.0. The van der Waals surface area contributed by atoms with E-state index in [1.54, 1.807) is 6.92 Å². The highest BCUT2D eigenvalue weighted by molar-refractivity contribution is 7.08. The standard InChI is InChI=1S/C12H17N3O3S/c1-7-10(19-15-14-7)11(16)13-9-5-3-8(4-6-9)12(17)18-2/h8-9H,3-6H2,1-2H3,(H,13,16). The molecule has 0 atom stereocenters. The Morgan fingerprint density at radius 1 is 1.32 bits per heavy atom. The molecule has 0 bridgehead atoms. The van der Waals surface area contributed by atoms with Crippen LogP contribution in [0.15, 0.2) is 0 Å².